The molecule has 1 N–H and O–H groups in total. The Hall–Kier alpha value is 0.110. The Morgan fingerprint density at radius 3 is 2.60 bits per heavy atom. The summed E-state index contributed by atoms with van der Waals surface area (Å²) in [5, 5.41) is 3.27. The van der Waals surface area contributed by atoms with Crippen molar-refractivity contribution < 1.29 is 4.21 Å². The van der Waals surface area contributed by atoms with Crippen LogP contribution in [0, 0.1) is 5.92 Å². The molecule has 1 saturated carbocycles. The fraction of sp³-hybridized carbons (Fsp3) is 1.00. The lowest BCUT2D eigenvalue weighted by Crippen LogP contribution is -2.32. The maximum Gasteiger partial charge on any atom is 0.0388 e. The van der Waals surface area contributed by atoms with Crippen molar-refractivity contribution in [2.45, 2.75) is 51.5 Å². The number of rotatable bonds is 7. The Kier molecular flexibility index (Phi) is 6.50. The van der Waals surface area contributed by atoms with Gasteiger partial charge in [0.2, 0.25) is 0 Å². The highest BCUT2D eigenvalue weighted by atomic mass is 32.2. The van der Waals surface area contributed by atoms with E-state index in [0.29, 0.717) is 6.04 Å². The van der Waals surface area contributed by atoms with E-state index in [2.05, 4.69) is 12.2 Å². The summed E-state index contributed by atoms with van der Waals surface area (Å²) in [5.74, 6) is 2.55. The van der Waals surface area contributed by atoms with Gasteiger partial charge in [-0.25, -0.2) is 0 Å². The van der Waals surface area contributed by atoms with Crippen molar-refractivity contribution >= 4 is 10.8 Å². The minimum atomic E-state index is -0.604. The molecule has 1 aliphatic rings. The number of nitrogens with one attached hydrogen (secondary N) is 1. The average Bonchev–Trinajstić information content (AvgIpc) is 2.69. The maximum atomic E-state index is 11.9. The van der Waals surface area contributed by atoms with E-state index >= 15 is 0 Å². The zero-order valence-electron chi connectivity index (χ0n) is 10.1. The molecule has 90 valence electrons. The summed E-state index contributed by atoms with van der Waals surface area (Å²) in [6.45, 7) is 2.18. The summed E-state index contributed by atoms with van der Waals surface area (Å²) in [5.41, 5.74) is 0. The summed E-state index contributed by atoms with van der Waals surface area (Å²) >= 11 is 0. The third-order valence-electron chi connectivity index (χ3n) is 3.33. The van der Waals surface area contributed by atoms with E-state index in [1.807, 2.05) is 7.05 Å². The van der Waals surface area contributed by atoms with Gasteiger partial charge in [0.15, 0.2) is 0 Å². The second kappa shape index (κ2) is 7.39. The van der Waals surface area contributed by atoms with E-state index in [4.69, 9.17) is 0 Å². The van der Waals surface area contributed by atoms with Gasteiger partial charge in [-0.15, -0.1) is 0 Å². The Morgan fingerprint density at radius 2 is 2.07 bits per heavy atom. The van der Waals surface area contributed by atoms with Crippen LogP contribution in [0.25, 0.3) is 0 Å². The highest BCUT2D eigenvalue weighted by Gasteiger charge is 2.19. The molecule has 1 rings (SSSR count). The smallest absolute Gasteiger partial charge is 0.0388 e. The first-order valence-electron chi connectivity index (χ1n) is 6.28. The van der Waals surface area contributed by atoms with Crippen LogP contribution in [-0.2, 0) is 10.8 Å². The van der Waals surface area contributed by atoms with Crippen molar-refractivity contribution in [3.05, 3.63) is 0 Å². The summed E-state index contributed by atoms with van der Waals surface area (Å²) in [4.78, 5) is 0. The molecule has 2 unspecified atom stereocenters. The Morgan fingerprint density at radius 1 is 1.40 bits per heavy atom. The number of hydrogen-bond acceptors (Lipinski definition) is 2. The van der Waals surface area contributed by atoms with Gasteiger partial charge in [0.1, 0.15) is 0 Å². The van der Waals surface area contributed by atoms with Crippen LogP contribution in [-0.4, -0.2) is 28.8 Å². The molecule has 0 saturated heterocycles. The Labute approximate surface area is 96.7 Å². The van der Waals surface area contributed by atoms with Crippen LogP contribution in [0.15, 0.2) is 0 Å². The lowest BCUT2D eigenvalue weighted by atomic mass is 10.1. The van der Waals surface area contributed by atoms with Gasteiger partial charge in [-0.3, -0.25) is 4.21 Å². The third-order valence-corrected chi connectivity index (χ3v) is 4.95. The van der Waals surface area contributed by atoms with Gasteiger partial charge in [-0.1, -0.05) is 26.2 Å². The monoisotopic (exact) mass is 231 g/mol. The van der Waals surface area contributed by atoms with Gasteiger partial charge in [-0.2, -0.15) is 0 Å². The summed E-state index contributed by atoms with van der Waals surface area (Å²) in [7, 11) is 1.38. The van der Waals surface area contributed by atoms with Gasteiger partial charge in [-0.05, 0) is 32.2 Å². The zero-order chi connectivity index (χ0) is 11.1. The molecule has 15 heavy (non-hydrogen) atoms. The van der Waals surface area contributed by atoms with E-state index in [-0.39, 0.29) is 0 Å². The van der Waals surface area contributed by atoms with Gasteiger partial charge in [0.05, 0.1) is 0 Å². The standard InChI is InChI=1S/C12H25NOS/c1-3-6-12(13-2)10-15(14)9-11-7-4-5-8-11/h11-13H,3-10H2,1-2H3. The van der Waals surface area contributed by atoms with Crippen LogP contribution >= 0.6 is 0 Å². The molecule has 0 aliphatic heterocycles. The van der Waals surface area contributed by atoms with Crippen LogP contribution in [0.4, 0.5) is 0 Å². The molecule has 3 heteroatoms. The molecule has 0 aromatic rings. The SMILES string of the molecule is CCCC(CS(=O)CC1CCCC1)NC. The van der Waals surface area contributed by atoms with E-state index in [9.17, 15) is 4.21 Å². The normalized spacial score (nSPS) is 21.7. The van der Waals surface area contributed by atoms with Gasteiger partial charge in [0, 0.05) is 28.3 Å². The molecule has 0 aromatic heterocycles. The summed E-state index contributed by atoms with van der Waals surface area (Å²) in [6, 6.07) is 0.456. The first-order chi connectivity index (χ1) is 7.26. The van der Waals surface area contributed by atoms with E-state index in [1.54, 1.807) is 0 Å². The highest BCUT2D eigenvalue weighted by Crippen LogP contribution is 2.25. The van der Waals surface area contributed by atoms with Crippen LogP contribution in [0.2, 0.25) is 0 Å². The van der Waals surface area contributed by atoms with E-state index in [1.165, 1.54) is 32.1 Å². The van der Waals surface area contributed by atoms with Crippen LogP contribution in [0.3, 0.4) is 0 Å². The first kappa shape index (κ1) is 13.2. The molecule has 0 bridgehead atoms. The average molecular weight is 231 g/mol. The minimum absolute atomic E-state index is 0.456. The largest absolute Gasteiger partial charge is 0.316 e. The second-order valence-electron chi connectivity index (χ2n) is 4.70. The van der Waals surface area contributed by atoms with E-state index in [0.717, 1.165) is 23.8 Å². The lowest BCUT2D eigenvalue weighted by molar-refractivity contribution is 0.551. The molecule has 1 fully saturated rings. The topological polar surface area (TPSA) is 29.1 Å². The van der Waals surface area contributed by atoms with Crippen molar-refractivity contribution in [1.82, 2.24) is 5.32 Å². The van der Waals surface area contributed by atoms with Gasteiger partial charge in [0.25, 0.3) is 0 Å². The highest BCUT2D eigenvalue weighted by molar-refractivity contribution is 7.85. The van der Waals surface area contributed by atoms with Crippen LogP contribution in [0.1, 0.15) is 45.4 Å². The molecule has 1 aliphatic carbocycles. The van der Waals surface area contributed by atoms with Crippen molar-refractivity contribution in [3.8, 4) is 0 Å². The van der Waals surface area contributed by atoms with Crippen molar-refractivity contribution in [2.75, 3.05) is 18.6 Å². The predicted molar refractivity (Wildman–Crippen MR) is 67.6 cm³/mol. The minimum Gasteiger partial charge on any atom is -0.316 e. The molecular weight excluding hydrogens is 206 g/mol. The fourth-order valence-electron chi connectivity index (χ4n) is 2.39. The zero-order valence-corrected chi connectivity index (χ0v) is 10.9. The summed E-state index contributed by atoms with van der Waals surface area (Å²) < 4.78 is 11.9. The molecule has 2 atom stereocenters. The van der Waals surface area contributed by atoms with Crippen LogP contribution in [0.5, 0.6) is 0 Å². The van der Waals surface area contributed by atoms with Crippen molar-refractivity contribution in [1.29, 1.82) is 0 Å². The van der Waals surface area contributed by atoms with Crippen molar-refractivity contribution in [2.24, 2.45) is 5.92 Å². The van der Waals surface area contributed by atoms with E-state index < -0.39 is 10.8 Å². The van der Waals surface area contributed by atoms with Crippen LogP contribution < -0.4 is 5.32 Å². The van der Waals surface area contributed by atoms with Gasteiger partial charge >= 0.3 is 0 Å². The molecule has 0 heterocycles. The molecule has 0 spiro atoms. The van der Waals surface area contributed by atoms with Gasteiger partial charge < -0.3 is 5.32 Å². The Balaban J connectivity index is 2.20. The van der Waals surface area contributed by atoms with Crippen molar-refractivity contribution in [3.63, 3.8) is 0 Å². The molecular formula is C12H25NOS. The predicted octanol–water partition coefficient (Wildman–Crippen LogP) is 2.31. The number of hydrogen-bond donors (Lipinski definition) is 1. The quantitative estimate of drug-likeness (QED) is 0.728. The lowest BCUT2D eigenvalue weighted by Gasteiger charge is -2.16. The first-order valence-corrected chi connectivity index (χ1v) is 7.77. The molecule has 2 nitrogen and oxygen atoms in total. The molecule has 0 amide bonds. The fourth-order valence-corrected chi connectivity index (χ4v) is 4.17. The Bertz CT molecular complexity index is 190. The molecule has 0 radical (unpaired) electrons. The summed E-state index contributed by atoms with van der Waals surface area (Å²) in [6.07, 6.45) is 7.64. The second-order valence-corrected chi connectivity index (χ2v) is 6.24. The maximum absolute atomic E-state index is 11.9. The third kappa shape index (κ3) is 5.12. The molecule has 0 aromatic carbocycles.